The van der Waals surface area contributed by atoms with E-state index in [1.807, 2.05) is 26.8 Å². The molecule has 2 heterocycles. The highest BCUT2D eigenvalue weighted by Crippen LogP contribution is 2.26. The maximum atomic E-state index is 12.2. The number of methoxy groups -OCH3 is 1. The molecule has 2 rings (SSSR count). The van der Waals surface area contributed by atoms with Gasteiger partial charge in [-0.2, -0.15) is 0 Å². The highest BCUT2D eigenvalue weighted by atomic mass is 16.5. The van der Waals surface area contributed by atoms with Gasteiger partial charge in [0.1, 0.15) is 6.61 Å². The van der Waals surface area contributed by atoms with Crippen molar-refractivity contribution in [3.63, 3.8) is 0 Å². The molecule has 1 aliphatic heterocycles. The van der Waals surface area contributed by atoms with Gasteiger partial charge in [0.05, 0.1) is 5.69 Å². The fourth-order valence-corrected chi connectivity index (χ4v) is 3.12. The number of nitrogens with one attached hydrogen (secondary N) is 2. The fraction of sp³-hybridized carbons (Fsp3) is 0.765. The topological polar surface area (TPSA) is 76.4 Å². The second-order valence-electron chi connectivity index (χ2n) is 7.44. The Morgan fingerprint density at radius 2 is 2.26 bits per heavy atom. The summed E-state index contributed by atoms with van der Waals surface area (Å²) in [6.45, 7) is 8.36. The standard InChI is InChI=1S/C17H29N3O3/c1-17(2,3)19-16(21)8-12-5-6-18-10-13(12)7-14-9-15(11-22-4)23-20-14/h9,12-13,18H,5-8,10-11H2,1-4H3,(H,19,21)/t12-,13-/m0/s1. The van der Waals surface area contributed by atoms with Crippen molar-refractivity contribution in [3.8, 4) is 0 Å². The SMILES string of the molecule is COCc1cc(C[C@H]2CNCC[C@H]2CC(=O)NC(C)(C)C)no1. The first kappa shape index (κ1) is 17.9. The summed E-state index contributed by atoms with van der Waals surface area (Å²) in [7, 11) is 1.64. The van der Waals surface area contributed by atoms with Crippen molar-refractivity contribution in [2.24, 2.45) is 11.8 Å². The van der Waals surface area contributed by atoms with E-state index >= 15 is 0 Å². The van der Waals surface area contributed by atoms with E-state index in [-0.39, 0.29) is 11.4 Å². The Balaban J connectivity index is 1.93. The monoisotopic (exact) mass is 323 g/mol. The Hall–Kier alpha value is -1.40. The third-order valence-electron chi connectivity index (χ3n) is 4.09. The first-order valence-electron chi connectivity index (χ1n) is 8.32. The van der Waals surface area contributed by atoms with Crippen LogP contribution in [0.15, 0.2) is 10.6 Å². The average molecular weight is 323 g/mol. The van der Waals surface area contributed by atoms with E-state index in [1.54, 1.807) is 7.11 Å². The highest BCUT2D eigenvalue weighted by Gasteiger charge is 2.29. The van der Waals surface area contributed by atoms with Crippen LogP contribution in [0, 0.1) is 11.8 Å². The summed E-state index contributed by atoms with van der Waals surface area (Å²) >= 11 is 0. The van der Waals surface area contributed by atoms with Crippen LogP contribution in [0.1, 0.15) is 45.1 Å². The quantitative estimate of drug-likeness (QED) is 0.836. The Morgan fingerprint density at radius 3 is 2.96 bits per heavy atom. The highest BCUT2D eigenvalue weighted by molar-refractivity contribution is 5.76. The molecule has 0 aromatic carbocycles. The molecule has 0 radical (unpaired) electrons. The number of piperidine rings is 1. The lowest BCUT2D eigenvalue weighted by molar-refractivity contribution is -0.124. The first-order valence-corrected chi connectivity index (χ1v) is 8.32. The van der Waals surface area contributed by atoms with Crippen molar-refractivity contribution in [1.29, 1.82) is 0 Å². The largest absolute Gasteiger partial charge is 0.377 e. The molecular formula is C17H29N3O3. The lowest BCUT2D eigenvalue weighted by Crippen LogP contribution is -2.44. The fourth-order valence-electron chi connectivity index (χ4n) is 3.12. The number of hydrogen-bond donors (Lipinski definition) is 2. The number of rotatable bonds is 6. The van der Waals surface area contributed by atoms with Crippen molar-refractivity contribution in [2.45, 2.75) is 52.2 Å². The second kappa shape index (κ2) is 7.93. The minimum absolute atomic E-state index is 0.134. The summed E-state index contributed by atoms with van der Waals surface area (Å²) < 4.78 is 10.3. The number of amides is 1. The zero-order valence-electron chi connectivity index (χ0n) is 14.6. The van der Waals surface area contributed by atoms with Crippen LogP contribution in [0.3, 0.4) is 0 Å². The van der Waals surface area contributed by atoms with Crippen LogP contribution in [0.5, 0.6) is 0 Å². The zero-order chi connectivity index (χ0) is 16.9. The van der Waals surface area contributed by atoms with Crippen LogP contribution in [0.4, 0.5) is 0 Å². The molecule has 1 aromatic heterocycles. The van der Waals surface area contributed by atoms with Crippen LogP contribution < -0.4 is 10.6 Å². The maximum Gasteiger partial charge on any atom is 0.220 e. The molecule has 6 nitrogen and oxygen atoms in total. The molecule has 2 N–H and O–H groups in total. The van der Waals surface area contributed by atoms with Gasteiger partial charge < -0.3 is 19.9 Å². The molecule has 1 amide bonds. The summed E-state index contributed by atoms with van der Waals surface area (Å²) in [5, 5.41) is 10.6. The number of ether oxygens (including phenoxy) is 1. The number of hydrogen-bond acceptors (Lipinski definition) is 5. The molecule has 0 unspecified atom stereocenters. The van der Waals surface area contributed by atoms with Crippen molar-refractivity contribution in [2.75, 3.05) is 20.2 Å². The van der Waals surface area contributed by atoms with Gasteiger partial charge in [-0.05, 0) is 58.5 Å². The molecular weight excluding hydrogens is 294 g/mol. The number of carbonyl (C=O) groups is 1. The molecule has 1 fully saturated rings. The molecule has 1 aliphatic rings. The van der Waals surface area contributed by atoms with Crippen LogP contribution in [-0.2, 0) is 22.6 Å². The Bertz CT molecular complexity index is 507. The van der Waals surface area contributed by atoms with Gasteiger partial charge in [-0.15, -0.1) is 0 Å². The van der Waals surface area contributed by atoms with Gasteiger partial charge in [0.15, 0.2) is 5.76 Å². The van der Waals surface area contributed by atoms with Crippen molar-refractivity contribution >= 4 is 5.91 Å². The van der Waals surface area contributed by atoms with Gasteiger partial charge in [-0.3, -0.25) is 4.79 Å². The normalized spacial score (nSPS) is 22.1. The van der Waals surface area contributed by atoms with Crippen LogP contribution >= 0.6 is 0 Å². The summed E-state index contributed by atoms with van der Waals surface area (Å²) in [5.41, 5.74) is 0.757. The second-order valence-corrected chi connectivity index (χ2v) is 7.44. The summed E-state index contributed by atoms with van der Waals surface area (Å²) in [6, 6.07) is 1.95. The third-order valence-corrected chi connectivity index (χ3v) is 4.09. The van der Waals surface area contributed by atoms with Gasteiger partial charge >= 0.3 is 0 Å². The Labute approximate surface area is 138 Å². The number of nitrogens with zero attached hydrogens (tertiary/aromatic N) is 1. The average Bonchev–Trinajstić information content (AvgIpc) is 2.87. The van der Waals surface area contributed by atoms with Crippen molar-refractivity contribution in [1.82, 2.24) is 15.8 Å². The molecule has 0 saturated carbocycles. The molecule has 1 aromatic rings. The molecule has 0 spiro atoms. The number of aromatic nitrogens is 1. The smallest absolute Gasteiger partial charge is 0.220 e. The molecule has 130 valence electrons. The summed E-state index contributed by atoms with van der Waals surface area (Å²) in [5.74, 6) is 1.65. The molecule has 0 bridgehead atoms. The van der Waals surface area contributed by atoms with Crippen LogP contribution in [-0.4, -0.2) is 36.8 Å². The van der Waals surface area contributed by atoms with Gasteiger partial charge in [0.2, 0.25) is 5.91 Å². The van der Waals surface area contributed by atoms with E-state index in [1.165, 1.54) is 0 Å². The predicted octanol–water partition coefficient (Wildman–Crippen LogP) is 1.89. The minimum atomic E-state index is -0.180. The van der Waals surface area contributed by atoms with Gasteiger partial charge in [0.25, 0.3) is 0 Å². The van der Waals surface area contributed by atoms with E-state index in [9.17, 15) is 4.79 Å². The van der Waals surface area contributed by atoms with E-state index in [0.717, 1.165) is 37.4 Å². The molecule has 6 heteroatoms. The lowest BCUT2D eigenvalue weighted by atomic mass is 9.81. The van der Waals surface area contributed by atoms with Crippen LogP contribution in [0.25, 0.3) is 0 Å². The molecule has 1 saturated heterocycles. The molecule has 23 heavy (non-hydrogen) atoms. The van der Waals surface area contributed by atoms with Gasteiger partial charge in [-0.25, -0.2) is 0 Å². The Kier molecular flexibility index (Phi) is 6.18. The van der Waals surface area contributed by atoms with Crippen LogP contribution in [0.2, 0.25) is 0 Å². The molecule has 0 aliphatic carbocycles. The van der Waals surface area contributed by atoms with E-state index in [4.69, 9.17) is 9.26 Å². The lowest BCUT2D eigenvalue weighted by Gasteiger charge is -2.32. The van der Waals surface area contributed by atoms with E-state index in [2.05, 4.69) is 15.8 Å². The Morgan fingerprint density at radius 1 is 1.48 bits per heavy atom. The predicted molar refractivity (Wildman–Crippen MR) is 87.9 cm³/mol. The summed E-state index contributed by atoms with van der Waals surface area (Å²) in [6.07, 6.45) is 2.42. The summed E-state index contributed by atoms with van der Waals surface area (Å²) in [4.78, 5) is 12.2. The first-order chi connectivity index (χ1) is 10.9. The van der Waals surface area contributed by atoms with E-state index < -0.39 is 0 Å². The van der Waals surface area contributed by atoms with Gasteiger partial charge in [0, 0.05) is 25.1 Å². The van der Waals surface area contributed by atoms with Crippen molar-refractivity contribution in [3.05, 3.63) is 17.5 Å². The minimum Gasteiger partial charge on any atom is -0.377 e. The maximum absolute atomic E-state index is 12.2. The van der Waals surface area contributed by atoms with Crippen molar-refractivity contribution < 1.29 is 14.1 Å². The zero-order valence-corrected chi connectivity index (χ0v) is 14.6. The van der Waals surface area contributed by atoms with E-state index in [0.29, 0.717) is 24.9 Å². The number of carbonyl (C=O) groups excluding carboxylic acids is 1. The third kappa shape index (κ3) is 5.95. The molecule has 2 atom stereocenters. The van der Waals surface area contributed by atoms with Gasteiger partial charge in [-0.1, -0.05) is 5.16 Å².